The Morgan fingerprint density at radius 2 is 1.06 bits per heavy atom. The van der Waals surface area contributed by atoms with Gasteiger partial charge in [-0.1, -0.05) is 140 Å². The molecule has 0 fully saturated rings. The highest BCUT2D eigenvalue weighted by atomic mass is 32.1. The summed E-state index contributed by atoms with van der Waals surface area (Å²) in [6.45, 7) is 0. The summed E-state index contributed by atoms with van der Waals surface area (Å²) in [4.78, 5) is 20.2. The Hall–Kier alpha value is -7.02. The summed E-state index contributed by atoms with van der Waals surface area (Å²) in [6.07, 6.45) is 0. The molecule has 54 heavy (non-hydrogen) atoms. The van der Waals surface area contributed by atoms with Crippen molar-refractivity contribution >= 4 is 65.0 Å². The molecule has 0 spiro atoms. The highest BCUT2D eigenvalue weighted by Gasteiger charge is 2.20. The van der Waals surface area contributed by atoms with Gasteiger partial charge in [0.2, 0.25) is 0 Å². The molecule has 0 aliphatic carbocycles. The molecule has 3 aromatic heterocycles. The summed E-state index contributed by atoms with van der Waals surface area (Å²) >= 11 is 1.71. The van der Waals surface area contributed by atoms with E-state index in [-0.39, 0.29) is 0 Å². The second-order valence-electron chi connectivity index (χ2n) is 13.4. The maximum atomic E-state index is 6.52. The first kappa shape index (κ1) is 30.6. The van der Waals surface area contributed by atoms with Crippen LogP contribution < -0.4 is 0 Å². The maximum absolute atomic E-state index is 6.52. The molecule has 0 aliphatic rings. The Balaban J connectivity index is 1.09. The van der Waals surface area contributed by atoms with Crippen molar-refractivity contribution in [2.24, 2.45) is 0 Å². The van der Waals surface area contributed by atoms with Crippen LogP contribution in [-0.2, 0) is 0 Å². The van der Waals surface area contributed by atoms with Crippen LogP contribution in [0.4, 0.5) is 0 Å². The van der Waals surface area contributed by atoms with Crippen molar-refractivity contribution in [2.75, 3.05) is 0 Å². The van der Waals surface area contributed by atoms with Crippen molar-refractivity contribution in [3.63, 3.8) is 0 Å². The smallest absolute Gasteiger partial charge is 0.164 e. The summed E-state index contributed by atoms with van der Waals surface area (Å²) in [5.41, 5.74) is 8.79. The molecule has 0 saturated carbocycles. The number of rotatable bonds is 5. The van der Waals surface area contributed by atoms with Crippen LogP contribution in [-0.4, -0.2) is 19.9 Å². The van der Waals surface area contributed by atoms with Crippen LogP contribution in [0.15, 0.2) is 174 Å². The van der Waals surface area contributed by atoms with Gasteiger partial charge >= 0.3 is 0 Å². The average molecular weight is 709 g/mol. The minimum Gasteiger partial charge on any atom is -0.456 e. The molecule has 11 rings (SSSR count). The van der Waals surface area contributed by atoms with Gasteiger partial charge in [0, 0.05) is 39.1 Å². The Labute approximate surface area is 313 Å². The first-order chi connectivity index (χ1) is 26.7. The maximum Gasteiger partial charge on any atom is 0.164 e. The topological polar surface area (TPSA) is 64.7 Å². The Morgan fingerprint density at radius 1 is 0.389 bits per heavy atom. The van der Waals surface area contributed by atoms with Crippen LogP contribution in [0.5, 0.6) is 0 Å². The van der Waals surface area contributed by atoms with Crippen molar-refractivity contribution in [1.29, 1.82) is 0 Å². The number of thiazole rings is 1. The van der Waals surface area contributed by atoms with Crippen LogP contribution in [0.2, 0.25) is 0 Å². The molecule has 252 valence electrons. The summed E-state index contributed by atoms with van der Waals surface area (Å²) in [6, 6.07) is 58.7. The second-order valence-corrected chi connectivity index (χ2v) is 14.5. The number of hydrogen-bond donors (Lipinski definition) is 0. The van der Waals surface area contributed by atoms with Crippen molar-refractivity contribution in [3.05, 3.63) is 170 Å². The van der Waals surface area contributed by atoms with Gasteiger partial charge in [0.05, 0.1) is 10.2 Å². The fourth-order valence-corrected chi connectivity index (χ4v) is 8.57. The van der Waals surface area contributed by atoms with E-state index >= 15 is 0 Å². The summed E-state index contributed by atoms with van der Waals surface area (Å²) < 4.78 is 7.65. The zero-order valence-corrected chi connectivity index (χ0v) is 29.6. The monoisotopic (exact) mass is 708 g/mol. The molecule has 0 unspecified atom stereocenters. The molecule has 0 saturated heterocycles. The van der Waals surface area contributed by atoms with Crippen molar-refractivity contribution in [3.8, 4) is 55.9 Å². The van der Waals surface area contributed by atoms with Crippen LogP contribution in [0, 0.1) is 0 Å². The first-order valence-electron chi connectivity index (χ1n) is 17.9. The van der Waals surface area contributed by atoms with E-state index in [9.17, 15) is 0 Å². The molecule has 0 aliphatic heterocycles. The predicted molar refractivity (Wildman–Crippen MR) is 222 cm³/mol. The lowest BCUT2D eigenvalue weighted by molar-refractivity contribution is 0.669. The van der Waals surface area contributed by atoms with E-state index in [4.69, 9.17) is 24.4 Å². The van der Waals surface area contributed by atoms with Crippen LogP contribution in [0.25, 0.3) is 110 Å². The number of furan rings is 1. The zero-order valence-electron chi connectivity index (χ0n) is 28.8. The molecule has 0 atom stereocenters. The van der Waals surface area contributed by atoms with E-state index in [0.717, 1.165) is 86.7 Å². The second kappa shape index (κ2) is 12.3. The summed E-state index contributed by atoms with van der Waals surface area (Å²) in [7, 11) is 0. The fourth-order valence-electron chi connectivity index (χ4n) is 7.57. The van der Waals surface area contributed by atoms with E-state index in [1.165, 1.54) is 5.39 Å². The van der Waals surface area contributed by atoms with E-state index in [1.807, 2.05) is 36.4 Å². The molecule has 5 nitrogen and oxygen atoms in total. The molecule has 8 aromatic carbocycles. The standard InChI is InChI=1S/C48H28N4OS/c1-3-13-30(14-4-1)45-50-46(33-23-22-29-12-7-8-17-32(29)26-33)52-47(51-45)38-25-24-36(34-18-9-10-19-35(34)38)37-20-11-21-41-44(37)39-27-43-40(28-42(39)53-41)49-48(54-43)31-15-5-2-6-16-31/h1-28H. The van der Waals surface area contributed by atoms with Crippen molar-refractivity contribution < 1.29 is 4.42 Å². The van der Waals surface area contributed by atoms with Gasteiger partial charge in [-0.3, -0.25) is 0 Å². The molecular weight excluding hydrogens is 681 g/mol. The fraction of sp³-hybridized carbons (Fsp3) is 0. The third kappa shape index (κ3) is 5.07. The molecule has 6 heteroatoms. The molecule has 0 radical (unpaired) electrons. The van der Waals surface area contributed by atoms with E-state index in [1.54, 1.807) is 11.3 Å². The lowest BCUT2D eigenvalue weighted by Gasteiger charge is -2.14. The predicted octanol–water partition coefficient (Wildman–Crippen LogP) is 13.0. The molecule has 11 aromatic rings. The van der Waals surface area contributed by atoms with Gasteiger partial charge < -0.3 is 4.42 Å². The number of nitrogens with zero attached hydrogens (tertiary/aromatic N) is 4. The Kier molecular flexibility index (Phi) is 6.97. The third-order valence-corrected chi connectivity index (χ3v) is 11.2. The van der Waals surface area contributed by atoms with Gasteiger partial charge in [-0.15, -0.1) is 11.3 Å². The van der Waals surface area contributed by atoms with Gasteiger partial charge in [-0.2, -0.15) is 0 Å². The first-order valence-corrected chi connectivity index (χ1v) is 18.7. The lowest BCUT2D eigenvalue weighted by Crippen LogP contribution is -2.00. The Bertz CT molecular complexity index is 3220. The zero-order chi connectivity index (χ0) is 35.6. The normalized spacial score (nSPS) is 11.7. The Morgan fingerprint density at radius 3 is 1.87 bits per heavy atom. The van der Waals surface area contributed by atoms with Gasteiger partial charge in [0.25, 0.3) is 0 Å². The molecule has 0 amide bonds. The highest BCUT2D eigenvalue weighted by molar-refractivity contribution is 7.21. The van der Waals surface area contributed by atoms with Gasteiger partial charge in [0.1, 0.15) is 16.2 Å². The van der Waals surface area contributed by atoms with Crippen LogP contribution in [0.1, 0.15) is 0 Å². The van der Waals surface area contributed by atoms with E-state index in [0.29, 0.717) is 17.5 Å². The SMILES string of the molecule is c1ccc(-c2nc(-c3ccc4ccccc4c3)nc(-c3ccc(-c4cccc5oc6cc7nc(-c8ccccc8)sc7cc6c45)c4ccccc34)n2)cc1. The average Bonchev–Trinajstić information content (AvgIpc) is 3.83. The number of fused-ring (bicyclic) bond motifs is 6. The van der Waals surface area contributed by atoms with Crippen molar-refractivity contribution in [1.82, 2.24) is 19.9 Å². The number of benzene rings is 8. The van der Waals surface area contributed by atoms with Gasteiger partial charge in [0.15, 0.2) is 17.5 Å². The van der Waals surface area contributed by atoms with Crippen LogP contribution in [0.3, 0.4) is 0 Å². The number of aromatic nitrogens is 4. The molecule has 3 heterocycles. The lowest BCUT2D eigenvalue weighted by atomic mass is 9.92. The van der Waals surface area contributed by atoms with Gasteiger partial charge in [-0.25, -0.2) is 19.9 Å². The largest absolute Gasteiger partial charge is 0.456 e. The minimum absolute atomic E-state index is 0.628. The minimum atomic E-state index is 0.628. The van der Waals surface area contributed by atoms with Crippen LogP contribution >= 0.6 is 11.3 Å². The molecule has 0 N–H and O–H groups in total. The summed E-state index contributed by atoms with van der Waals surface area (Å²) in [5.74, 6) is 1.90. The molecule has 0 bridgehead atoms. The highest BCUT2D eigenvalue weighted by Crippen LogP contribution is 2.43. The third-order valence-electron chi connectivity index (χ3n) is 10.2. The van der Waals surface area contributed by atoms with E-state index < -0.39 is 0 Å². The van der Waals surface area contributed by atoms with Crippen molar-refractivity contribution in [2.45, 2.75) is 0 Å². The quantitative estimate of drug-likeness (QED) is 0.178. The molecular formula is C48H28N4OS. The van der Waals surface area contributed by atoms with Gasteiger partial charge in [-0.05, 0) is 56.9 Å². The summed E-state index contributed by atoms with van der Waals surface area (Å²) in [5, 5.41) is 7.65. The number of hydrogen-bond acceptors (Lipinski definition) is 6. The van der Waals surface area contributed by atoms with E-state index in [2.05, 4.69) is 133 Å².